The smallest absolute Gasteiger partial charge is 0.160 e. The summed E-state index contributed by atoms with van der Waals surface area (Å²) >= 11 is 9.69. The molecule has 102 valence electrons. The molecule has 3 rings (SSSR count). The van der Waals surface area contributed by atoms with Gasteiger partial charge in [0.1, 0.15) is 11.3 Å². The first-order valence-electron chi connectivity index (χ1n) is 6.81. The average Bonchev–Trinajstić information content (AvgIpc) is 3.11. The van der Waals surface area contributed by atoms with E-state index in [0.717, 1.165) is 33.9 Å². The van der Waals surface area contributed by atoms with Crippen LogP contribution in [0.2, 0.25) is 0 Å². The van der Waals surface area contributed by atoms with E-state index < -0.39 is 0 Å². The van der Waals surface area contributed by atoms with Gasteiger partial charge in [0.2, 0.25) is 0 Å². The minimum Gasteiger partial charge on any atom is -0.311 e. The van der Waals surface area contributed by atoms with Crippen LogP contribution in [0.1, 0.15) is 43.8 Å². The van der Waals surface area contributed by atoms with Crippen LogP contribution in [0.25, 0.3) is 11.2 Å². The van der Waals surface area contributed by atoms with Gasteiger partial charge in [-0.1, -0.05) is 12.8 Å². The van der Waals surface area contributed by atoms with Crippen molar-refractivity contribution in [2.45, 2.75) is 44.5 Å². The molecule has 1 fully saturated rings. The van der Waals surface area contributed by atoms with E-state index in [9.17, 15) is 0 Å². The third kappa shape index (κ3) is 2.95. The highest BCUT2D eigenvalue weighted by atomic mass is 79.9. The molecule has 2 aromatic rings. The highest BCUT2D eigenvalue weighted by molar-refractivity contribution is 9.10. The van der Waals surface area contributed by atoms with Gasteiger partial charge >= 0.3 is 0 Å². The third-order valence-corrected chi connectivity index (χ3v) is 4.26. The molecule has 0 N–H and O–H groups in total. The Kier molecular flexibility index (Phi) is 3.81. The highest BCUT2D eigenvalue weighted by Crippen LogP contribution is 2.34. The Morgan fingerprint density at radius 2 is 2.32 bits per heavy atom. The lowest BCUT2D eigenvalue weighted by Crippen LogP contribution is -2.05. The molecule has 0 saturated heterocycles. The molecule has 2 heterocycles. The van der Waals surface area contributed by atoms with E-state index in [2.05, 4.69) is 30.5 Å². The molecule has 1 atom stereocenters. The van der Waals surface area contributed by atoms with Gasteiger partial charge in [-0.05, 0) is 47.7 Å². The Labute approximate surface area is 126 Å². The summed E-state index contributed by atoms with van der Waals surface area (Å²) in [6, 6.07) is 2.00. The van der Waals surface area contributed by atoms with E-state index in [1.54, 1.807) is 0 Å². The summed E-state index contributed by atoms with van der Waals surface area (Å²) in [5.74, 6) is 1.90. The first-order chi connectivity index (χ1) is 9.15. The normalized spacial score (nSPS) is 17.0. The molecular formula is C14H17BrClN3. The van der Waals surface area contributed by atoms with E-state index in [1.165, 1.54) is 25.7 Å². The van der Waals surface area contributed by atoms with E-state index in [-0.39, 0.29) is 5.38 Å². The highest BCUT2D eigenvalue weighted by Gasteiger charge is 2.21. The van der Waals surface area contributed by atoms with E-state index in [4.69, 9.17) is 11.6 Å². The molecule has 0 aromatic carbocycles. The number of pyridine rings is 1. The summed E-state index contributed by atoms with van der Waals surface area (Å²) < 4.78 is 3.14. The largest absolute Gasteiger partial charge is 0.311 e. The Morgan fingerprint density at radius 3 is 3.00 bits per heavy atom. The topological polar surface area (TPSA) is 30.7 Å². The van der Waals surface area contributed by atoms with Gasteiger partial charge in [-0.2, -0.15) is 0 Å². The van der Waals surface area contributed by atoms with Gasteiger partial charge < -0.3 is 4.57 Å². The lowest BCUT2D eigenvalue weighted by Gasteiger charge is -2.09. The summed E-state index contributed by atoms with van der Waals surface area (Å²) in [5.41, 5.74) is 1.87. The zero-order valence-corrected chi connectivity index (χ0v) is 13.3. The molecule has 0 amide bonds. The Balaban J connectivity index is 1.90. The molecule has 0 spiro atoms. The number of hydrogen-bond donors (Lipinski definition) is 0. The van der Waals surface area contributed by atoms with Gasteiger partial charge in [-0.3, -0.25) is 0 Å². The molecule has 1 saturated carbocycles. The predicted octanol–water partition coefficient (Wildman–Crippen LogP) is 4.68. The maximum Gasteiger partial charge on any atom is 0.160 e. The monoisotopic (exact) mass is 341 g/mol. The zero-order valence-electron chi connectivity index (χ0n) is 10.9. The summed E-state index contributed by atoms with van der Waals surface area (Å²) in [4.78, 5) is 9.12. The number of aromatic nitrogens is 3. The van der Waals surface area contributed by atoms with Crippen molar-refractivity contribution < 1.29 is 0 Å². The van der Waals surface area contributed by atoms with Crippen LogP contribution >= 0.6 is 27.5 Å². The van der Waals surface area contributed by atoms with Crippen LogP contribution in [0.3, 0.4) is 0 Å². The number of hydrogen-bond acceptors (Lipinski definition) is 2. The standard InChI is InChI=1S/C14H17BrClN3/c1-9(16)13-18-12-7-11(15)8-17-14(12)19(13)6-2-3-10-4-5-10/h7-10H,2-6H2,1H3. The van der Waals surface area contributed by atoms with Crippen LogP contribution in [0.15, 0.2) is 16.7 Å². The van der Waals surface area contributed by atoms with Crippen molar-refractivity contribution in [1.82, 2.24) is 14.5 Å². The molecule has 0 radical (unpaired) electrons. The van der Waals surface area contributed by atoms with Crippen LogP contribution in [0.4, 0.5) is 0 Å². The Morgan fingerprint density at radius 1 is 1.53 bits per heavy atom. The van der Waals surface area contributed by atoms with Crippen molar-refractivity contribution in [3.63, 3.8) is 0 Å². The lowest BCUT2D eigenvalue weighted by atomic mass is 10.2. The number of alkyl halides is 1. The number of fused-ring (bicyclic) bond motifs is 1. The second-order valence-electron chi connectivity index (χ2n) is 5.32. The molecule has 1 aliphatic carbocycles. The van der Waals surface area contributed by atoms with E-state index in [1.807, 2.05) is 19.2 Å². The summed E-state index contributed by atoms with van der Waals surface area (Å²) in [6.45, 7) is 2.93. The predicted molar refractivity (Wildman–Crippen MR) is 81.5 cm³/mol. The fourth-order valence-corrected chi connectivity index (χ4v) is 2.96. The van der Waals surface area contributed by atoms with Crippen molar-refractivity contribution in [1.29, 1.82) is 0 Å². The number of imidazole rings is 1. The molecule has 1 aliphatic rings. The summed E-state index contributed by atoms with van der Waals surface area (Å²) in [6.07, 6.45) is 7.14. The van der Waals surface area contributed by atoms with Crippen LogP contribution in [0.5, 0.6) is 0 Å². The van der Waals surface area contributed by atoms with Crippen LogP contribution in [-0.2, 0) is 6.54 Å². The third-order valence-electron chi connectivity index (χ3n) is 3.63. The first-order valence-corrected chi connectivity index (χ1v) is 8.04. The molecule has 5 heteroatoms. The van der Waals surface area contributed by atoms with Gasteiger partial charge in [-0.25, -0.2) is 9.97 Å². The van der Waals surface area contributed by atoms with Gasteiger partial charge in [0.05, 0.1) is 5.38 Å². The SMILES string of the molecule is CC(Cl)c1nc2cc(Br)cnc2n1CCCC1CC1. The van der Waals surface area contributed by atoms with Gasteiger partial charge in [0.25, 0.3) is 0 Å². The quantitative estimate of drug-likeness (QED) is 0.738. The first kappa shape index (κ1) is 13.4. The van der Waals surface area contributed by atoms with Crippen molar-refractivity contribution in [2.24, 2.45) is 5.92 Å². The number of rotatable bonds is 5. The fourth-order valence-electron chi connectivity index (χ4n) is 2.47. The molecule has 19 heavy (non-hydrogen) atoms. The van der Waals surface area contributed by atoms with Gasteiger partial charge in [0.15, 0.2) is 5.65 Å². The van der Waals surface area contributed by atoms with Crippen molar-refractivity contribution in [2.75, 3.05) is 0 Å². The second kappa shape index (κ2) is 5.41. The van der Waals surface area contributed by atoms with E-state index >= 15 is 0 Å². The van der Waals surface area contributed by atoms with Gasteiger partial charge in [-0.15, -0.1) is 11.6 Å². The molecule has 1 unspecified atom stereocenters. The molecular weight excluding hydrogens is 326 g/mol. The number of halogens is 2. The van der Waals surface area contributed by atoms with Crippen molar-refractivity contribution in [3.8, 4) is 0 Å². The van der Waals surface area contributed by atoms with Crippen LogP contribution in [0, 0.1) is 5.92 Å². The van der Waals surface area contributed by atoms with Crippen molar-refractivity contribution in [3.05, 3.63) is 22.6 Å². The minimum atomic E-state index is -0.0890. The zero-order chi connectivity index (χ0) is 13.4. The fraction of sp³-hybridized carbons (Fsp3) is 0.571. The average molecular weight is 343 g/mol. The maximum absolute atomic E-state index is 6.25. The van der Waals surface area contributed by atoms with Crippen molar-refractivity contribution >= 4 is 38.7 Å². The number of aryl methyl sites for hydroxylation is 1. The number of nitrogens with zero attached hydrogens (tertiary/aromatic N) is 3. The van der Waals surface area contributed by atoms with Crippen LogP contribution in [-0.4, -0.2) is 14.5 Å². The molecule has 0 aliphatic heterocycles. The minimum absolute atomic E-state index is 0.0890. The van der Waals surface area contributed by atoms with Gasteiger partial charge in [0, 0.05) is 17.2 Å². The Hall–Kier alpha value is -0.610. The molecule has 3 nitrogen and oxygen atoms in total. The summed E-state index contributed by atoms with van der Waals surface area (Å²) in [5, 5.41) is -0.0890. The second-order valence-corrected chi connectivity index (χ2v) is 6.89. The van der Waals surface area contributed by atoms with Crippen LogP contribution < -0.4 is 0 Å². The van der Waals surface area contributed by atoms with E-state index in [0.29, 0.717) is 0 Å². The lowest BCUT2D eigenvalue weighted by molar-refractivity contribution is 0.567. The molecule has 2 aromatic heterocycles. The molecule has 0 bridgehead atoms. The Bertz CT molecular complexity index is 590. The summed E-state index contributed by atoms with van der Waals surface area (Å²) in [7, 11) is 0. The maximum atomic E-state index is 6.25.